The Bertz CT molecular complexity index is 972. The molecule has 2 aromatic heterocycles. The molecule has 8 heteroatoms. The van der Waals surface area contributed by atoms with Crippen LogP contribution in [0.1, 0.15) is 49.1 Å². The topological polar surface area (TPSA) is 75.5 Å². The Morgan fingerprint density at radius 3 is 2.64 bits per heavy atom. The van der Waals surface area contributed by atoms with Crippen LogP contribution in [-0.4, -0.2) is 57.3 Å². The average Bonchev–Trinajstić information content (AvgIpc) is 3.24. The van der Waals surface area contributed by atoms with Crippen molar-refractivity contribution in [3.8, 4) is 0 Å². The second-order valence-electron chi connectivity index (χ2n) is 7.66. The van der Waals surface area contributed by atoms with Crippen molar-refractivity contribution in [2.75, 3.05) is 26.2 Å². The molecule has 0 aromatic carbocycles. The van der Waals surface area contributed by atoms with Crippen LogP contribution in [0.3, 0.4) is 0 Å². The van der Waals surface area contributed by atoms with Crippen molar-refractivity contribution < 1.29 is 9.59 Å². The van der Waals surface area contributed by atoms with Gasteiger partial charge in [0.1, 0.15) is 4.83 Å². The summed E-state index contributed by atoms with van der Waals surface area (Å²) in [6, 6.07) is 0.0618. The molecule has 0 aliphatic carbocycles. The summed E-state index contributed by atoms with van der Waals surface area (Å²) in [5.74, 6) is 0.0864. The molecule has 2 amide bonds. The van der Waals surface area contributed by atoms with E-state index in [-0.39, 0.29) is 30.0 Å². The predicted molar refractivity (Wildman–Crippen MR) is 109 cm³/mol. The number of carbonyl (C=O) groups excluding carboxylic acids is 2. The van der Waals surface area contributed by atoms with E-state index in [4.69, 9.17) is 0 Å². The van der Waals surface area contributed by atoms with Crippen LogP contribution in [0.5, 0.6) is 0 Å². The van der Waals surface area contributed by atoms with Crippen molar-refractivity contribution in [2.45, 2.75) is 52.0 Å². The highest BCUT2D eigenvalue weighted by Gasteiger charge is 2.29. The van der Waals surface area contributed by atoms with Gasteiger partial charge in [-0.25, -0.2) is 4.98 Å². The van der Waals surface area contributed by atoms with E-state index in [1.165, 1.54) is 0 Å². The fraction of sp³-hybridized carbons (Fsp3) is 0.600. The van der Waals surface area contributed by atoms with E-state index < -0.39 is 0 Å². The molecule has 0 unspecified atom stereocenters. The number of piperidine rings is 1. The van der Waals surface area contributed by atoms with E-state index in [0.717, 1.165) is 46.3 Å². The summed E-state index contributed by atoms with van der Waals surface area (Å²) < 4.78 is 1.76. The van der Waals surface area contributed by atoms with Crippen molar-refractivity contribution >= 4 is 33.4 Å². The lowest BCUT2D eigenvalue weighted by molar-refractivity contribution is -0.139. The SMILES string of the molecule is CCc1c(C)sc2ncn(C3CCN(C(=O)CN4CCCC4=O)CC3)c(=O)c12. The normalized spacial score (nSPS) is 18.4. The third-order valence-corrected chi connectivity index (χ3v) is 7.06. The number of likely N-dealkylation sites (tertiary alicyclic amines) is 2. The lowest BCUT2D eigenvalue weighted by Gasteiger charge is -2.33. The molecular weight excluding hydrogens is 376 g/mol. The van der Waals surface area contributed by atoms with Crippen molar-refractivity contribution in [1.29, 1.82) is 0 Å². The van der Waals surface area contributed by atoms with E-state index in [9.17, 15) is 14.4 Å². The molecule has 2 aliphatic heterocycles. The van der Waals surface area contributed by atoms with Crippen LogP contribution in [0.2, 0.25) is 0 Å². The summed E-state index contributed by atoms with van der Waals surface area (Å²) in [6.07, 6.45) is 5.36. The molecule has 2 fully saturated rings. The van der Waals surface area contributed by atoms with Crippen LogP contribution < -0.4 is 5.56 Å². The van der Waals surface area contributed by atoms with Gasteiger partial charge in [0.25, 0.3) is 5.56 Å². The van der Waals surface area contributed by atoms with Crippen LogP contribution >= 0.6 is 11.3 Å². The third kappa shape index (κ3) is 3.34. The molecule has 0 spiro atoms. The van der Waals surface area contributed by atoms with E-state index in [1.54, 1.807) is 27.1 Å². The molecule has 0 radical (unpaired) electrons. The van der Waals surface area contributed by atoms with Crippen molar-refractivity contribution in [2.24, 2.45) is 0 Å². The lowest BCUT2D eigenvalue weighted by atomic mass is 10.0. The molecule has 4 rings (SSSR count). The highest BCUT2D eigenvalue weighted by molar-refractivity contribution is 7.18. The van der Waals surface area contributed by atoms with Gasteiger partial charge in [-0.15, -0.1) is 11.3 Å². The molecule has 7 nitrogen and oxygen atoms in total. The molecule has 0 atom stereocenters. The maximum atomic E-state index is 13.1. The van der Waals surface area contributed by atoms with Crippen LogP contribution in [0, 0.1) is 6.92 Å². The maximum absolute atomic E-state index is 13.1. The maximum Gasteiger partial charge on any atom is 0.262 e. The zero-order valence-electron chi connectivity index (χ0n) is 16.4. The Labute approximate surface area is 168 Å². The highest BCUT2D eigenvalue weighted by Crippen LogP contribution is 2.28. The average molecular weight is 403 g/mol. The summed E-state index contributed by atoms with van der Waals surface area (Å²) >= 11 is 1.58. The van der Waals surface area contributed by atoms with Gasteiger partial charge in [0, 0.05) is 37.0 Å². The van der Waals surface area contributed by atoms with Crippen LogP contribution in [0.4, 0.5) is 0 Å². The minimum Gasteiger partial charge on any atom is -0.341 e. The van der Waals surface area contributed by atoms with Gasteiger partial charge < -0.3 is 9.80 Å². The molecule has 2 aromatic rings. The standard InChI is InChI=1S/C20H26N4O3S/c1-3-15-13(2)28-19-18(15)20(27)24(12-21-19)14-6-9-22(10-7-14)17(26)11-23-8-4-5-16(23)25/h12,14H,3-11H2,1-2H3. The number of thiophene rings is 1. The van der Waals surface area contributed by atoms with Crippen molar-refractivity contribution in [3.05, 3.63) is 27.1 Å². The molecule has 0 N–H and O–H groups in total. The molecule has 2 aliphatic rings. The summed E-state index contributed by atoms with van der Waals surface area (Å²) in [4.78, 5) is 47.4. The fourth-order valence-electron chi connectivity index (χ4n) is 4.38. The van der Waals surface area contributed by atoms with Gasteiger partial charge in [-0.2, -0.15) is 0 Å². The summed E-state index contributed by atoms with van der Waals surface area (Å²) in [5, 5.41) is 0.763. The first kappa shape index (κ1) is 19.1. The number of carbonyl (C=O) groups is 2. The number of rotatable bonds is 4. The van der Waals surface area contributed by atoms with E-state index in [0.29, 0.717) is 26.1 Å². The number of aryl methyl sites for hydroxylation is 2. The van der Waals surface area contributed by atoms with Gasteiger partial charge in [0.2, 0.25) is 11.8 Å². The summed E-state index contributed by atoms with van der Waals surface area (Å²) in [7, 11) is 0. The van der Waals surface area contributed by atoms with Crippen LogP contribution in [0.25, 0.3) is 10.2 Å². The predicted octanol–water partition coefficient (Wildman–Crippen LogP) is 2.11. The van der Waals surface area contributed by atoms with Gasteiger partial charge in [-0.3, -0.25) is 19.0 Å². The van der Waals surface area contributed by atoms with Gasteiger partial charge >= 0.3 is 0 Å². The number of aromatic nitrogens is 2. The first-order valence-corrected chi connectivity index (χ1v) is 10.9. The third-order valence-electron chi connectivity index (χ3n) is 6.00. The highest BCUT2D eigenvalue weighted by atomic mass is 32.1. The van der Waals surface area contributed by atoms with Crippen LogP contribution in [-0.2, 0) is 16.0 Å². The lowest BCUT2D eigenvalue weighted by Crippen LogP contribution is -2.45. The largest absolute Gasteiger partial charge is 0.341 e. The van der Waals surface area contributed by atoms with E-state index in [1.807, 2.05) is 11.8 Å². The van der Waals surface area contributed by atoms with Crippen molar-refractivity contribution in [1.82, 2.24) is 19.4 Å². The Morgan fingerprint density at radius 1 is 1.25 bits per heavy atom. The quantitative estimate of drug-likeness (QED) is 0.785. The molecule has 0 bridgehead atoms. The Kier molecular flexibility index (Phi) is 5.23. The molecular formula is C20H26N4O3S. The number of hydrogen-bond acceptors (Lipinski definition) is 5. The molecule has 28 heavy (non-hydrogen) atoms. The zero-order chi connectivity index (χ0) is 19.8. The van der Waals surface area contributed by atoms with Gasteiger partial charge in [0.15, 0.2) is 0 Å². The zero-order valence-corrected chi connectivity index (χ0v) is 17.3. The van der Waals surface area contributed by atoms with Crippen LogP contribution in [0.15, 0.2) is 11.1 Å². The number of nitrogens with zero attached hydrogens (tertiary/aromatic N) is 4. The van der Waals surface area contributed by atoms with Gasteiger partial charge in [-0.05, 0) is 38.2 Å². The molecule has 2 saturated heterocycles. The minimum absolute atomic E-state index is 0.0105. The Morgan fingerprint density at radius 2 is 2.00 bits per heavy atom. The number of fused-ring (bicyclic) bond motifs is 1. The first-order valence-electron chi connectivity index (χ1n) is 10.0. The number of amides is 2. The van der Waals surface area contributed by atoms with Crippen molar-refractivity contribution in [3.63, 3.8) is 0 Å². The Hall–Kier alpha value is -2.22. The van der Waals surface area contributed by atoms with E-state index in [2.05, 4.69) is 11.9 Å². The second kappa shape index (κ2) is 7.66. The van der Waals surface area contributed by atoms with Gasteiger partial charge in [-0.1, -0.05) is 6.92 Å². The summed E-state index contributed by atoms with van der Waals surface area (Å²) in [6.45, 7) is 6.20. The van der Waals surface area contributed by atoms with Gasteiger partial charge in [0.05, 0.1) is 18.3 Å². The summed E-state index contributed by atoms with van der Waals surface area (Å²) in [5.41, 5.74) is 1.15. The molecule has 4 heterocycles. The second-order valence-corrected chi connectivity index (χ2v) is 8.86. The molecule has 0 saturated carbocycles. The first-order chi connectivity index (χ1) is 13.5. The number of hydrogen-bond donors (Lipinski definition) is 0. The minimum atomic E-state index is 0.0105. The molecule has 150 valence electrons. The monoisotopic (exact) mass is 402 g/mol. The Balaban J connectivity index is 1.46. The smallest absolute Gasteiger partial charge is 0.262 e. The fourth-order valence-corrected chi connectivity index (χ4v) is 5.46. The van der Waals surface area contributed by atoms with E-state index >= 15 is 0 Å².